The molecule has 0 aliphatic heterocycles. The smallest absolute Gasteiger partial charge is 0.244 e. The first-order chi connectivity index (χ1) is 15.9. The van der Waals surface area contributed by atoms with Crippen LogP contribution in [0.5, 0.6) is 5.75 Å². The highest BCUT2D eigenvalue weighted by atomic mass is 35.5. The lowest BCUT2D eigenvalue weighted by molar-refractivity contribution is -0.116. The highest BCUT2D eigenvalue weighted by Crippen LogP contribution is 2.17. The first-order valence-electron chi connectivity index (χ1n) is 10.1. The molecule has 33 heavy (non-hydrogen) atoms. The maximum Gasteiger partial charge on any atom is 0.244 e. The Kier molecular flexibility index (Phi) is 6.24. The van der Waals surface area contributed by atoms with Gasteiger partial charge in [-0.05, 0) is 67.6 Å². The van der Waals surface area contributed by atoms with E-state index in [1.165, 1.54) is 17.9 Å². The molecule has 0 spiro atoms. The van der Waals surface area contributed by atoms with Gasteiger partial charge in [0, 0.05) is 28.2 Å². The molecule has 1 amide bonds. The van der Waals surface area contributed by atoms with Crippen LogP contribution < -0.4 is 15.5 Å². The second-order valence-electron chi connectivity index (χ2n) is 7.44. The molecule has 2 aromatic carbocycles. The van der Waals surface area contributed by atoms with E-state index in [9.17, 15) is 14.4 Å². The molecule has 166 valence electrons. The number of nitrogens with zero attached hydrogens (tertiary/aromatic N) is 2. The van der Waals surface area contributed by atoms with Crippen LogP contribution in [0, 0.1) is 6.92 Å². The number of hydrogen-bond acceptors (Lipinski definition) is 5. The van der Waals surface area contributed by atoms with E-state index < -0.39 is 11.2 Å². The Labute approximate surface area is 194 Å². The molecule has 4 rings (SSSR count). The van der Waals surface area contributed by atoms with Gasteiger partial charge in [0.15, 0.2) is 5.78 Å². The normalized spacial score (nSPS) is 10.8. The number of ketones is 1. The van der Waals surface area contributed by atoms with Crippen molar-refractivity contribution >= 4 is 40.0 Å². The Balaban J connectivity index is 1.74. The average molecular weight is 462 g/mol. The monoisotopic (exact) mass is 461 g/mol. The molecular formula is C25H20ClN3O4. The number of amides is 1. The predicted octanol–water partition coefficient (Wildman–Crippen LogP) is 4.24. The zero-order valence-corrected chi connectivity index (χ0v) is 18.7. The Hall–Kier alpha value is -3.97. The van der Waals surface area contributed by atoms with Gasteiger partial charge in [0.1, 0.15) is 17.9 Å². The lowest BCUT2D eigenvalue weighted by Crippen LogP contribution is -2.25. The first kappa shape index (κ1) is 22.2. The second-order valence-corrected chi connectivity index (χ2v) is 7.87. The third kappa shape index (κ3) is 4.78. The minimum atomic E-state index is -0.447. The molecule has 2 aromatic heterocycles. The quantitative estimate of drug-likeness (QED) is 0.434. The highest BCUT2D eigenvalue weighted by molar-refractivity contribution is 6.30. The van der Waals surface area contributed by atoms with Crippen LogP contribution in [0.25, 0.3) is 11.0 Å². The van der Waals surface area contributed by atoms with E-state index >= 15 is 0 Å². The topological polar surface area (TPSA) is 90.3 Å². The van der Waals surface area contributed by atoms with Gasteiger partial charge in [-0.25, -0.2) is 4.98 Å². The Morgan fingerprint density at radius 1 is 1.03 bits per heavy atom. The number of benzene rings is 2. The van der Waals surface area contributed by atoms with Crippen molar-refractivity contribution in [3.05, 3.63) is 98.9 Å². The van der Waals surface area contributed by atoms with Crippen molar-refractivity contribution < 1.29 is 14.3 Å². The number of anilines is 1. The number of carbonyl (C=O) groups is 2. The molecule has 0 radical (unpaired) electrons. The minimum absolute atomic E-state index is 0.0439. The molecule has 1 N–H and O–H groups in total. The summed E-state index contributed by atoms with van der Waals surface area (Å²) in [5.74, 6) is -0.188. The van der Waals surface area contributed by atoms with E-state index in [0.717, 1.165) is 0 Å². The fourth-order valence-corrected chi connectivity index (χ4v) is 3.55. The average Bonchev–Trinajstić information content (AvgIpc) is 2.82. The number of pyridine rings is 2. The van der Waals surface area contributed by atoms with Crippen LogP contribution in [-0.2, 0) is 11.3 Å². The molecule has 0 aliphatic carbocycles. The standard InChI is InChI=1S/C25H20ClN3O4/c1-15-3-12-20-24(32)21(23(31)16-4-10-19(33-2)11-5-16)13-29(25(20)27-15)14-22(30)28-18-8-6-17(26)7-9-18/h3-13H,14H2,1-2H3,(H,28,30). The van der Waals surface area contributed by atoms with Crippen LogP contribution in [0.15, 0.2) is 71.7 Å². The molecule has 4 aromatic rings. The Morgan fingerprint density at radius 3 is 2.39 bits per heavy atom. The van der Waals surface area contributed by atoms with E-state index in [4.69, 9.17) is 16.3 Å². The van der Waals surface area contributed by atoms with Gasteiger partial charge in [-0.15, -0.1) is 0 Å². The van der Waals surface area contributed by atoms with E-state index in [1.54, 1.807) is 67.6 Å². The molecule has 0 aliphatic rings. The zero-order chi connectivity index (χ0) is 23.5. The summed E-state index contributed by atoms with van der Waals surface area (Å²) in [6.07, 6.45) is 1.39. The van der Waals surface area contributed by atoms with E-state index in [0.29, 0.717) is 33.4 Å². The molecule has 7 nitrogen and oxygen atoms in total. The molecular weight excluding hydrogens is 442 g/mol. The molecule has 0 bridgehead atoms. The number of carbonyl (C=O) groups excluding carboxylic acids is 2. The third-order valence-corrected chi connectivity index (χ3v) is 5.35. The van der Waals surface area contributed by atoms with Gasteiger partial charge in [-0.1, -0.05) is 11.6 Å². The van der Waals surface area contributed by atoms with Gasteiger partial charge in [0.25, 0.3) is 0 Å². The van der Waals surface area contributed by atoms with Gasteiger partial charge in [0.2, 0.25) is 11.3 Å². The summed E-state index contributed by atoms with van der Waals surface area (Å²) in [7, 11) is 1.53. The van der Waals surface area contributed by atoms with Gasteiger partial charge >= 0.3 is 0 Å². The number of fused-ring (bicyclic) bond motifs is 1. The lowest BCUT2D eigenvalue weighted by Gasteiger charge is -2.13. The molecule has 0 atom stereocenters. The fourth-order valence-electron chi connectivity index (χ4n) is 3.43. The van der Waals surface area contributed by atoms with Gasteiger partial charge in [-0.3, -0.25) is 14.4 Å². The molecule has 0 saturated carbocycles. The molecule has 2 heterocycles. The SMILES string of the molecule is COc1ccc(C(=O)c2cn(CC(=O)Nc3ccc(Cl)cc3)c3nc(C)ccc3c2=O)cc1. The number of nitrogens with one attached hydrogen (secondary N) is 1. The lowest BCUT2D eigenvalue weighted by atomic mass is 10.0. The second kappa shape index (κ2) is 9.26. The van der Waals surface area contributed by atoms with Crippen molar-refractivity contribution in [2.75, 3.05) is 12.4 Å². The van der Waals surface area contributed by atoms with Crippen LogP contribution in [0.1, 0.15) is 21.6 Å². The van der Waals surface area contributed by atoms with Crippen molar-refractivity contribution in [3.8, 4) is 5.75 Å². The minimum Gasteiger partial charge on any atom is -0.497 e. The van der Waals surface area contributed by atoms with Crippen molar-refractivity contribution in [2.45, 2.75) is 13.5 Å². The zero-order valence-electron chi connectivity index (χ0n) is 18.0. The number of halogens is 1. The predicted molar refractivity (Wildman–Crippen MR) is 127 cm³/mol. The maximum absolute atomic E-state index is 13.2. The number of rotatable bonds is 6. The number of hydrogen-bond donors (Lipinski definition) is 1. The maximum atomic E-state index is 13.2. The van der Waals surface area contributed by atoms with Crippen molar-refractivity contribution in [3.63, 3.8) is 0 Å². The molecule has 0 unspecified atom stereocenters. The summed E-state index contributed by atoms with van der Waals surface area (Å²) in [6, 6.07) is 16.5. The van der Waals surface area contributed by atoms with Crippen molar-refractivity contribution in [1.29, 1.82) is 0 Å². The van der Waals surface area contributed by atoms with Crippen molar-refractivity contribution in [2.24, 2.45) is 0 Å². The van der Waals surface area contributed by atoms with Crippen molar-refractivity contribution in [1.82, 2.24) is 9.55 Å². The van der Waals surface area contributed by atoms with Crippen LogP contribution >= 0.6 is 11.6 Å². The summed E-state index contributed by atoms with van der Waals surface area (Å²) in [5, 5.41) is 3.60. The van der Waals surface area contributed by atoms with E-state index in [2.05, 4.69) is 10.3 Å². The first-order valence-corrected chi connectivity index (χ1v) is 10.5. The number of ether oxygens (including phenoxy) is 1. The van der Waals surface area contributed by atoms with Gasteiger partial charge in [-0.2, -0.15) is 0 Å². The van der Waals surface area contributed by atoms with Crippen LogP contribution in [0.4, 0.5) is 5.69 Å². The Bertz CT molecular complexity index is 1410. The summed E-state index contributed by atoms with van der Waals surface area (Å²) in [5.41, 5.74) is 1.45. The summed E-state index contributed by atoms with van der Waals surface area (Å²) < 4.78 is 6.65. The van der Waals surface area contributed by atoms with Crippen LogP contribution in [0.3, 0.4) is 0 Å². The van der Waals surface area contributed by atoms with E-state index in [-0.39, 0.29) is 23.4 Å². The third-order valence-electron chi connectivity index (χ3n) is 5.10. The van der Waals surface area contributed by atoms with Crippen LogP contribution in [-0.4, -0.2) is 28.4 Å². The summed E-state index contributed by atoms with van der Waals surface area (Å²) >= 11 is 5.89. The number of aromatic nitrogens is 2. The highest BCUT2D eigenvalue weighted by Gasteiger charge is 2.19. The number of aryl methyl sites for hydroxylation is 1. The molecule has 8 heteroatoms. The molecule has 0 saturated heterocycles. The van der Waals surface area contributed by atoms with Crippen LogP contribution in [0.2, 0.25) is 5.02 Å². The van der Waals surface area contributed by atoms with Gasteiger partial charge < -0.3 is 14.6 Å². The Morgan fingerprint density at radius 2 is 1.73 bits per heavy atom. The molecule has 0 fully saturated rings. The van der Waals surface area contributed by atoms with Gasteiger partial charge in [0.05, 0.1) is 18.1 Å². The number of methoxy groups -OCH3 is 1. The fraction of sp³-hybridized carbons (Fsp3) is 0.120. The largest absolute Gasteiger partial charge is 0.497 e. The summed E-state index contributed by atoms with van der Waals surface area (Å²) in [4.78, 5) is 43.5. The van der Waals surface area contributed by atoms with E-state index in [1.807, 2.05) is 0 Å². The summed E-state index contributed by atoms with van der Waals surface area (Å²) in [6.45, 7) is 1.65.